The Hall–Kier alpha value is -1.27. The lowest BCUT2D eigenvalue weighted by Gasteiger charge is -1.97. The standard InChI is InChI=1S/C10H7N3OS2/c1-5-12-10(14-13-5)6-2-8-7(11-4-6)3-9(15)16-8/h2,4H,3H2,1H3. The number of hydrogen-bond donors (Lipinski definition) is 0. The molecule has 0 saturated carbocycles. The highest BCUT2D eigenvalue weighted by atomic mass is 32.2. The molecule has 16 heavy (non-hydrogen) atoms. The van der Waals surface area contributed by atoms with Crippen LogP contribution in [-0.4, -0.2) is 19.3 Å². The van der Waals surface area contributed by atoms with Gasteiger partial charge in [-0.15, -0.1) is 0 Å². The second kappa shape index (κ2) is 3.64. The number of hydrogen-bond acceptors (Lipinski definition) is 6. The number of aromatic nitrogens is 3. The molecular weight excluding hydrogens is 242 g/mol. The van der Waals surface area contributed by atoms with E-state index in [1.807, 2.05) is 6.07 Å². The van der Waals surface area contributed by atoms with Gasteiger partial charge in [0.25, 0.3) is 5.89 Å². The van der Waals surface area contributed by atoms with E-state index in [1.54, 1.807) is 24.9 Å². The van der Waals surface area contributed by atoms with E-state index in [-0.39, 0.29) is 0 Å². The third-order valence-corrected chi connectivity index (χ3v) is 3.58. The van der Waals surface area contributed by atoms with Crippen LogP contribution in [0.2, 0.25) is 0 Å². The molecule has 1 aliphatic heterocycles. The van der Waals surface area contributed by atoms with Crippen molar-refractivity contribution in [2.45, 2.75) is 18.2 Å². The molecule has 0 aromatic carbocycles. The Balaban J connectivity index is 2.05. The molecule has 0 unspecified atom stereocenters. The molecular formula is C10H7N3OS2. The normalized spacial score (nSPS) is 14.2. The van der Waals surface area contributed by atoms with E-state index in [9.17, 15) is 0 Å². The SMILES string of the molecule is Cc1noc(-c2cnc3c(c2)SC(=S)C3)n1. The lowest BCUT2D eigenvalue weighted by molar-refractivity contribution is 0.425. The Morgan fingerprint density at radius 2 is 2.38 bits per heavy atom. The molecule has 0 amide bonds. The molecule has 0 N–H and O–H groups in total. The Labute approximate surface area is 101 Å². The minimum absolute atomic E-state index is 0.506. The summed E-state index contributed by atoms with van der Waals surface area (Å²) in [4.78, 5) is 9.62. The molecule has 0 atom stereocenters. The summed E-state index contributed by atoms with van der Waals surface area (Å²) in [6.45, 7) is 1.79. The van der Waals surface area contributed by atoms with E-state index >= 15 is 0 Å². The zero-order valence-corrected chi connectivity index (χ0v) is 10.1. The van der Waals surface area contributed by atoms with Gasteiger partial charge in [-0.1, -0.05) is 29.1 Å². The molecule has 2 aromatic rings. The molecule has 3 heterocycles. The second-order valence-corrected chi connectivity index (χ2v) is 5.35. The minimum atomic E-state index is 0.506. The molecule has 3 rings (SSSR count). The van der Waals surface area contributed by atoms with Gasteiger partial charge in [0, 0.05) is 17.5 Å². The number of thiocarbonyl (C=S) groups is 1. The molecule has 80 valence electrons. The van der Waals surface area contributed by atoms with Crippen LogP contribution in [0.3, 0.4) is 0 Å². The van der Waals surface area contributed by atoms with Gasteiger partial charge in [0.1, 0.15) is 0 Å². The number of fused-ring (bicyclic) bond motifs is 1. The van der Waals surface area contributed by atoms with Crippen molar-refractivity contribution in [1.82, 2.24) is 15.1 Å². The quantitative estimate of drug-likeness (QED) is 0.723. The smallest absolute Gasteiger partial charge is 0.259 e. The molecule has 0 aliphatic carbocycles. The van der Waals surface area contributed by atoms with Crippen LogP contribution in [0.25, 0.3) is 11.5 Å². The fraction of sp³-hybridized carbons (Fsp3) is 0.200. The highest BCUT2D eigenvalue weighted by Gasteiger charge is 2.19. The van der Waals surface area contributed by atoms with Gasteiger partial charge in [0.15, 0.2) is 5.82 Å². The summed E-state index contributed by atoms with van der Waals surface area (Å²) in [5.74, 6) is 1.13. The van der Waals surface area contributed by atoms with E-state index in [4.69, 9.17) is 16.7 Å². The van der Waals surface area contributed by atoms with Crippen LogP contribution in [-0.2, 0) is 6.42 Å². The van der Waals surface area contributed by atoms with Crippen molar-refractivity contribution in [3.63, 3.8) is 0 Å². The monoisotopic (exact) mass is 249 g/mol. The number of aryl methyl sites for hydroxylation is 1. The van der Waals surface area contributed by atoms with Crippen LogP contribution in [0, 0.1) is 6.92 Å². The van der Waals surface area contributed by atoms with Crippen LogP contribution >= 0.6 is 24.0 Å². The maximum atomic E-state index is 5.16. The predicted octanol–water partition coefficient (Wildman–Crippen LogP) is 2.42. The molecule has 2 aromatic heterocycles. The first-order valence-corrected chi connectivity index (χ1v) is 5.95. The van der Waals surface area contributed by atoms with E-state index in [0.29, 0.717) is 11.7 Å². The third-order valence-electron chi connectivity index (χ3n) is 2.24. The highest BCUT2D eigenvalue weighted by molar-refractivity contribution is 8.23. The van der Waals surface area contributed by atoms with Gasteiger partial charge in [-0.25, -0.2) is 0 Å². The zero-order valence-electron chi connectivity index (χ0n) is 8.43. The summed E-state index contributed by atoms with van der Waals surface area (Å²) in [5.41, 5.74) is 1.88. The minimum Gasteiger partial charge on any atom is -0.334 e. The largest absolute Gasteiger partial charge is 0.334 e. The van der Waals surface area contributed by atoms with Crippen LogP contribution in [0.5, 0.6) is 0 Å². The van der Waals surface area contributed by atoms with E-state index in [1.165, 1.54) is 0 Å². The number of thioether (sulfide) groups is 1. The first kappa shape index (κ1) is 9.92. The summed E-state index contributed by atoms with van der Waals surface area (Å²) in [6, 6.07) is 2.00. The Morgan fingerprint density at radius 3 is 3.12 bits per heavy atom. The average molecular weight is 249 g/mol. The molecule has 0 bridgehead atoms. The van der Waals surface area contributed by atoms with Crippen molar-refractivity contribution in [1.29, 1.82) is 0 Å². The van der Waals surface area contributed by atoms with Gasteiger partial charge in [-0.2, -0.15) is 4.98 Å². The highest BCUT2D eigenvalue weighted by Crippen LogP contribution is 2.34. The molecule has 0 saturated heterocycles. The summed E-state index contributed by atoms with van der Waals surface area (Å²) < 4.78 is 6.05. The van der Waals surface area contributed by atoms with Gasteiger partial charge in [-0.05, 0) is 13.0 Å². The molecule has 6 heteroatoms. The molecule has 4 nitrogen and oxygen atoms in total. The molecule has 0 radical (unpaired) electrons. The third kappa shape index (κ3) is 1.64. The number of pyridine rings is 1. The lowest BCUT2D eigenvalue weighted by atomic mass is 10.2. The van der Waals surface area contributed by atoms with E-state index < -0.39 is 0 Å². The van der Waals surface area contributed by atoms with Crippen molar-refractivity contribution >= 4 is 28.2 Å². The predicted molar refractivity (Wildman–Crippen MR) is 64.4 cm³/mol. The van der Waals surface area contributed by atoms with Crippen molar-refractivity contribution in [3.05, 3.63) is 23.8 Å². The Kier molecular flexibility index (Phi) is 2.26. The lowest BCUT2D eigenvalue weighted by Crippen LogP contribution is -1.89. The topological polar surface area (TPSA) is 51.8 Å². The number of rotatable bonds is 1. The van der Waals surface area contributed by atoms with Crippen LogP contribution in [0.1, 0.15) is 11.5 Å². The molecule has 1 aliphatic rings. The fourth-order valence-corrected chi connectivity index (χ4v) is 2.81. The Bertz CT molecular complexity index is 579. The first-order chi connectivity index (χ1) is 7.72. The fourth-order valence-electron chi connectivity index (χ4n) is 1.52. The van der Waals surface area contributed by atoms with Gasteiger partial charge in [0.05, 0.1) is 15.5 Å². The first-order valence-electron chi connectivity index (χ1n) is 4.72. The molecule has 0 spiro atoms. The van der Waals surface area contributed by atoms with E-state index in [0.717, 1.165) is 26.8 Å². The Morgan fingerprint density at radius 1 is 1.50 bits per heavy atom. The summed E-state index contributed by atoms with van der Waals surface area (Å²) in [6.07, 6.45) is 2.53. The number of nitrogens with zero attached hydrogens (tertiary/aromatic N) is 3. The summed E-state index contributed by atoms with van der Waals surface area (Å²) in [7, 11) is 0. The average Bonchev–Trinajstić information content (AvgIpc) is 2.81. The zero-order chi connectivity index (χ0) is 11.1. The van der Waals surface area contributed by atoms with Crippen molar-refractivity contribution in [2.75, 3.05) is 0 Å². The van der Waals surface area contributed by atoms with Crippen LogP contribution in [0.15, 0.2) is 21.7 Å². The van der Waals surface area contributed by atoms with Gasteiger partial charge in [-0.3, -0.25) is 4.98 Å². The summed E-state index contributed by atoms with van der Waals surface area (Å²) in [5, 5.41) is 3.76. The van der Waals surface area contributed by atoms with Crippen LogP contribution < -0.4 is 0 Å². The van der Waals surface area contributed by atoms with E-state index in [2.05, 4.69) is 15.1 Å². The van der Waals surface area contributed by atoms with Crippen molar-refractivity contribution < 1.29 is 4.52 Å². The van der Waals surface area contributed by atoms with Crippen molar-refractivity contribution in [2.24, 2.45) is 0 Å². The maximum Gasteiger partial charge on any atom is 0.259 e. The summed E-state index contributed by atoms with van der Waals surface area (Å²) >= 11 is 6.75. The maximum absolute atomic E-state index is 5.16. The molecule has 0 fully saturated rings. The van der Waals surface area contributed by atoms with Gasteiger partial charge >= 0.3 is 0 Å². The van der Waals surface area contributed by atoms with Gasteiger partial charge in [0.2, 0.25) is 0 Å². The van der Waals surface area contributed by atoms with Crippen LogP contribution in [0.4, 0.5) is 0 Å². The van der Waals surface area contributed by atoms with Crippen molar-refractivity contribution in [3.8, 4) is 11.5 Å². The second-order valence-electron chi connectivity index (χ2n) is 3.47. The van der Waals surface area contributed by atoms with Gasteiger partial charge < -0.3 is 4.52 Å².